The van der Waals surface area contributed by atoms with Crippen molar-refractivity contribution in [3.05, 3.63) is 65.7 Å². The smallest absolute Gasteiger partial charge is 0.338 e. The van der Waals surface area contributed by atoms with Crippen molar-refractivity contribution < 1.29 is 14.3 Å². The van der Waals surface area contributed by atoms with Crippen LogP contribution in [0.2, 0.25) is 0 Å². The zero-order valence-corrected chi connectivity index (χ0v) is 14.4. The summed E-state index contributed by atoms with van der Waals surface area (Å²) >= 11 is 0. The van der Waals surface area contributed by atoms with Gasteiger partial charge >= 0.3 is 5.97 Å². The molecule has 0 bridgehead atoms. The van der Waals surface area contributed by atoms with E-state index in [0.29, 0.717) is 23.8 Å². The SMILES string of the molecule is CCCCOC(=O)c1ccc(NC(=O)C2CC2c2ccccc2)cc1. The quantitative estimate of drug-likeness (QED) is 0.602. The molecule has 0 aromatic heterocycles. The van der Waals surface area contributed by atoms with E-state index < -0.39 is 0 Å². The Kier molecular flexibility index (Phi) is 5.49. The van der Waals surface area contributed by atoms with Gasteiger partial charge in [-0.1, -0.05) is 43.7 Å². The lowest BCUT2D eigenvalue weighted by Gasteiger charge is -2.07. The van der Waals surface area contributed by atoms with E-state index in [2.05, 4.69) is 17.4 Å². The molecule has 2 aromatic rings. The molecule has 0 spiro atoms. The molecule has 2 aromatic carbocycles. The average molecular weight is 337 g/mol. The molecule has 130 valence electrons. The molecular formula is C21H23NO3. The molecule has 0 aliphatic heterocycles. The number of unbranched alkanes of at least 4 members (excludes halogenated alkanes) is 1. The van der Waals surface area contributed by atoms with Crippen LogP contribution < -0.4 is 5.32 Å². The van der Waals surface area contributed by atoms with Crippen LogP contribution in [0.1, 0.15) is 48.0 Å². The Morgan fingerprint density at radius 3 is 2.48 bits per heavy atom. The summed E-state index contributed by atoms with van der Waals surface area (Å²) in [4.78, 5) is 24.2. The van der Waals surface area contributed by atoms with Crippen LogP contribution >= 0.6 is 0 Å². The highest BCUT2D eigenvalue weighted by Gasteiger charge is 2.43. The molecule has 4 heteroatoms. The molecule has 2 unspecified atom stereocenters. The van der Waals surface area contributed by atoms with E-state index in [1.807, 2.05) is 25.1 Å². The first-order chi connectivity index (χ1) is 12.2. The predicted molar refractivity (Wildman–Crippen MR) is 97.6 cm³/mol. The third-order valence-electron chi connectivity index (χ3n) is 4.47. The first-order valence-electron chi connectivity index (χ1n) is 8.82. The monoisotopic (exact) mass is 337 g/mol. The van der Waals surface area contributed by atoms with Crippen LogP contribution in [0.25, 0.3) is 0 Å². The van der Waals surface area contributed by atoms with E-state index in [9.17, 15) is 9.59 Å². The molecule has 0 radical (unpaired) electrons. The minimum absolute atomic E-state index is 0.0288. The van der Waals surface area contributed by atoms with Crippen molar-refractivity contribution in [2.45, 2.75) is 32.1 Å². The molecule has 1 amide bonds. The Morgan fingerprint density at radius 2 is 1.80 bits per heavy atom. The molecule has 1 saturated carbocycles. The summed E-state index contributed by atoms with van der Waals surface area (Å²) in [6.07, 6.45) is 2.74. The highest BCUT2D eigenvalue weighted by molar-refractivity contribution is 5.96. The Labute approximate surface area is 148 Å². The van der Waals surface area contributed by atoms with Gasteiger partial charge in [-0.25, -0.2) is 4.79 Å². The van der Waals surface area contributed by atoms with Gasteiger partial charge in [0.05, 0.1) is 12.2 Å². The first-order valence-corrected chi connectivity index (χ1v) is 8.82. The van der Waals surface area contributed by atoms with Gasteiger partial charge in [0.15, 0.2) is 0 Å². The van der Waals surface area contributed by atoms with Crippen LogP contribution in [-0.4, -0.2) is 18.5 Å². The molecule has 0 saturated heterocycles. The van der Waals surface area contributed by atoms with Gasteiger partial charge < -0.3 is 10.1 Å². The summed E-state index contributed by atoms with van der Waals surface area (Å²) in [5, 5.41) is 2.93. The van der Waals surface area contributed by atoms with E-state index in [1.165, 1.54) is 5.56 Å². The number of hydrogen-bond acceptors (Lipinski definition) is 3. The molecular weight excluding hydrogens is 314 g/mol. The Morgan fingerprint density at radius 1 is 1.08 bits per heavy atom. The summed E-state index contributed by atoms with van der Waals surface area (Å²) in [6.45, 7) is 2.49. The second kappa shape index (κ2) is 7.97. The first kappa shape index (κ1) is 17.2. The molecule has 1 aliphatic carbocycles. The molecule has 1 aliphatic rings. The third-order valence-corrected chi connectivity index (χ3v) is 4.47. The van der Waals surface area contributed by atoms with Crippen LogP contribution in [0, 0.1) is 5.92 Å². The van der Waals surface area contributed by atoms with Gasteiger partial charge in [-0.05, 0) is 48.6 Å². The van der Waals surface area contributed by atoms with E-state index >= 15 is 0 Å². The minimum Gasteiger partial charge on any atom is -0.462 e. The lowest BCUT2D eigenvalue weighted by atomic mass is 10.1. The van der Waals surface area contributed by atoms with Crippen LogP contribution in [0.3, 0.4) is 0 Å². The number of ether oxygens (including phenoxy) is 1. The number of hydrogen-bond donors (Lipinski definition) is 1. The number of benzene rings is 2. The summed E-state index contributed by atoms with van der Waals surface area (Å²) in [6, 6.07) is 17.0. The normalized spacial score (nSPS) is 18.4. The summed E-state index contributed by atoms with van der Waals surface area (Å²) in [5.41, 5.74) is 2.42. The lowest BCUT2D eigenvalue weighted by Crippen LogP contribution is -2.14. The maximum Gasteiger partial charge on any atom is 0.338 e. The molecule has 1 N–H and O–H groups in total. The summed E-state index contributed by atoms with van der Waals surface area (Å²) < 4.78 is 5.17. The number of nitrogens with one attached hydrogen (secondary N) is 1. The molecule has 0 heterocycles. The maximum atomic E-state index is 12.3. The number of carbonyl (C=O) groups is 2. The number of amides is 1. The van der Waals surface area contributed by atoms with Crippen molar-refractivity contribution in [1.82, 2.24) is 0 Å². The second-order valence-electron chi connectivity index (χ2n) is 6.42. The van der Waals surface area contributed by atoms with Gasteiger partial charge in [-0.3, -0.25) is 4.79 Å². The zero-order chi connectivity index (χ0) is 17.6. The minimum atomic E-state index is -0.322. The van der Waals surface area contributed by atoms with E-state index in [-0.39, 0.29) is 17.8 Å². The van der Waals surface area contributed by atoms with Crippen LogP contribution in [0.4, 0.5) is 5.69 Å². The Balaban J connectivity index is 1.52. The molecule has 4 nitrogen and oxygen atoms in total. The summed E-state index contributed by atoms with van der Waals surface area (Å²) in [5.74, 6) is 0.0555. The van der Waals surface area contributed by atoms with Gasteiger partial charge in [0, 0.05) is 11.6 Å². The predicted octanol–water partition coefficient (Wildman–Crippen LogP) is 4.39. The van der Waals surface area contributed by atoms with Gasteiger partial charge in [0.1, 0.15) is 0 Å². The third kappa shape index (κ3) is 4.47. The van der Waals surface area contributed by atoms with Crippen molar-refractivity contribution in [2.75, 3.05) is 11.9 Å². The van der Waals surface area contributed by atoms with Gasteiger partial charge in [0.2, 0.25) is 5.91 Å². The van der Waals surface area contributed by atoms with Crippen molar-refractivity contribution >= 4 is 17.6 Å². The average Bonchev–Trinajstić information content (AvgIpc) is 3.44. The number of anilines is 1. The second-order valence-corrected chi connectivity index (χ2v) is 6.42. The van der Waals surface area contributed by atoms with Gasteiger partial charge in [0.25, 0.3) is 0 Å². The van der Waals surface area contributed by atoms with Crippen molar-refractivity contribution in [3.63, 3.8) is 0 Å². The Bertz CT molecular complexity index is 725. The van der Waals surface area contributed by atoms with E-state index in [4.69, 9.17) is 4.74 Å². The maximum absolute atomic E-state index is 12.3. The highest BCUT2D eigenvalue weighted by atomic mass is 16.5. The van der Waals surface area contributed by atoms with Crippen LogP contribution in [0.5, 0.6) is 0 Å². The van der Waals surface area contributed by atoms with Crippen molar-refractivity contribution in [3.8, 4) is 0 Å². The van der Waals surface area contributed by atoms with Crippen LogP contribution in [0.15, 0.2) is 54.6 Å². The molecule has 1 fully saturated rings. The van der Waals surface area contributed by atoms with Gasteiger partial charge in [-0.15, -0.1) is 0 Å². The number of esters is 1. The Hall–Kier alpha value is -2.62. The largest absolute Gasteiger partial charge is 0.462 e. The van der Waals surface area contributed by atoms with E-state index in [1.54, 1.807) is 24.3 Å². The lowest BCUT2D eigenvalue weighted by molar-refractivity contribution is -0.117. The molecule has 25 heavy (non-hydrogen) atoms. The highest BCUT2D eigenvalue weighted by Crippen LogP contribution is 2.47. The van der Waals surface area contributed by atoms with Gasteiger partial charge in [-0.2, -0.15) is 0 Å². The number of rotatable bonds is 7. The molecule has 3 rings (SSSR count). The standard InChI is InChI=1S/C21H23NO3/c1-2-3-13-25-21(24)16-9-11-17(12-10-16)22-20(23)19-14-18(19)15-7-5-4-6-8-15/h4-12,18-19H,2-3,13-14H2,1H3,(H,22,23). The fourth-order valence-corrected chi connectivity index (χ4v) is 2.87. The summed E-state index contributed by atoms with van der Waals surface area (Å²) in [7, 11) is 0. The fourth-order valence-electron chi connectivity index (χ4n) is 2.87. The molecule has 2 atom stereocenters. The van der Waals surface area contributed by atoms with Crippen molar-refractivity contribution in [1.29, 1.82) is 0 Å². The van der Waals surface area contributed by atoms with Crippen molar-refractivity contribution in [2.24, 2.45) is 5.92 Å². The topological polar surface area (TPSA) is 55.4 Å². The van der Waals surface area contributed by atoms with E-state index in [0.717, 1.165) is 19.3 Å². The van der Waals surface area contributed by atoms with Crippen LogP contribution in [-0.2, 0) is 9.53 Å². The fraction of sp³-hybridized carbons (Fsp3) is 0.333. The number of carbonyl (C=O) groups excluding carboxylic acids is 2. The zero-order valence-electron chi connectivity index (χ0n) is 14.4.